The fourth-order valence-corrected chi connectivity index (χ4v) is 2.85. The first-order valence-electron chi connectivity index (χ1n) is 8.24. The number of anilines is 1. The number of fused-ring (bicyclic) bond motifs is 1. The molecule has 0 bridgehead atoms. The van der Waals surface area contributed by atoms with Crippen molar-refractivity contribution in [1.29, 1.82) is 0 Å². The minimum absolute atomic E-state index is 0.248. The van der Waals surface area contributed by atoms with E-state index in [2.05, 4.69) is 10.3 Å². The number of nitrogens with one attached hydrogen (secondary N) is 1. The molecule has 1 aromatic carbocycles. The van der Waals surface area contributed by atoms with Crippen LogP contribution in [0.4, 0.5) is 5.69 Å². The maximum Gasteiger partial charge on any atom is 0.248 e. The number of carbonyl (C=O) groups is 1. The van der Waals surface area contributed by atoms with Gasteiger partial charge in [0.25, 0.3) is 0 Å². The van der Waals surface area contributed by atoms with Crippen molar-refractivity contribution in [2.45, 2.75) is 20.8 Å². The summed E-state index contributed by atoms with van der Waals surface area (Å²) in [6.45, 7) is 6.27. The van der Waals surface area contributed by atoms with Gasteiger partial charge in [0.2, 0.25) is 5.91 Å². The third-order valence-corrected chi connectivity index (χ3v) is 4.26. The summed E-state index contributed by atoms with van der Waals surface area (Å²) in [6.07, 6.45) is 4.79. The maximum absolute atomic E-state index is 12.4. The molecule has 0 aliphatic heterocycles. The van der Waals surface area contributed by atoms with Crippen LogP contribution in [0.2, 0.25) is 5.15 Å². The summed E-state index contributed by atoms with van der Waals surface area (Å²) in [5.74, 6) is 0.388. The van der Waals surface area contributed by atoms with Crippen LogP contribution in [0.1, 0.15) is 25.0 Å². The van der Waals surface area contributed by atoms with Crippen molar-refractivity contribution in [1.82, 2.24) is 4.98 Å². The molecule has 26 heavy (non-hydrogen) atoms. The largest absolute Gasteiger partial charge is 0.493 e. The standard InChI is InChI=1S/C20H19ClN2O3/c1-4-25-17-10-18-15(13(3)11-26-18)9-14(17)12(2)8-19(24)23-16-6-5-7-22-20(16)21/h5-11H,4H2,1-3H3,(H,23,24)/b12-8+. The Morgan fingerprint density at radius 3 is 2.96 bits per heavy atom. The molecule has 0 unspecified atom stereocenters. The Bertz CT molecular complexity index is 992. The first kappa shape index (κ1) is 18.0. The summed E-state index contributed by atoms with van der Waals surface area (Å²) < 4.78 is 11.3. The van der Waals surface area contributed by atoms with E-state index in [1.807, 2.05) is 32.9 Å². The minimum Gasteiger partial charge on any atom is -0.493 e. The number of hydrogen-bond donors (Lipinski definition) is 1. The summed E-state index contributed by atoms with van der Waals surface area (Å²) in [6, 6.07) is 7.24. The Balaban J connectivity index is 1.94. The van der Waals surface area contributed by atoms with Crippen molar-refractivity contribution in [2.75, 3.05) is 11.9 Å². The second kappa shape index (κ2) is 7.62. The highest BCUT2D eigenvalue weighted by Gasteiger charge is 2.13. The van der Waals surface area contributed by atoms with Crippen molar-refractivity contribution in [3.05, 3.63) is 59.1 Å². The van der Waals surface area contributed by atoms with Crippen molar-refractivity contribution in [2.24, 2.45) is 0 Å². The lowest BCUT2D eigenvalue weighted by molar-refractivity contribution is -0.111. The van der Waals surface area contributed by atoms with Gasteiger partial charge in [-0.2, -0.15) is 0 Å². The lowest BCUT2D eigenvalue weighted by Crippen LogP contribution is -2.09. The lowest BCUT2D eigenvalue weighted by atomic mass is 10.0. The molecule has 0 spiro atoms. The van der Waals surface area contributed by atoms with Gasteiger partial charge >= 0.3 is 0 Å². The third kappa shape index (κ3) is 3.73. The SMILES string of the molecule is CCOc1cc2occ(C)c2cc1/C(C)=C/C(=O)Nc1cccnc1Cl. The number of ether oxygens (including phenoxy) is 1. The lowest BCUT2D eigenvalue weighted by Gasteiger charge is -2.11. The van der Waals surface area contributed by atoms with E-state index < -0.39 is 0 Å². The smallest absolute Gasteiger partial charge is 0.248 e. The molecule has 0 aliphatic rings. The Morgan fingerprint density at radius 2 is 2.23 bits per heavy atom. The Morgan fingerprint density at radius 1 is 1.42 bits per heavy atom. The highest BCUT2D eigenvalue weighted by molar-refractivity contribution is 6.32. The van der Waals surface area contributed by atoms with Gasteiger partial charge < -0.3 is 14.5 Å². The molecule has 3 aromatic rings. The van der Waals surface area contributed by atoms with Crippen LogP contribution in [0.15, 0.2) is 47.2 Å². The highest BCUT2D eigenvalue weighted by Crippen LogP contribution is 2.33. The van der Waals surface area contributed by atoms with E-state index in [1.54, 1.807) is 24.6 Å². The van der Waals surface area contributed by atoms with Crippen molar-refractivity contribution in [3.63, 3.8) is 0 Å². The third-order valence-electron chi connectivity index (χ3n) is 3.96. The molecule has 2 heterocycles. The molecule has 0 aliphatic carbocycles. The van der Waals surface area contributed by atoms with Gasteiger partial charge in [0, 0.05) is 29.3 Å². The minimum atomic E-state index is -0.288. The molecule has 2 aromatic heterocycles. The molecule has 0 saturated heterocycles. The van der Waals surface area contributed by atoms with Gasteiger partial charge in [-0.1, -0.05) is 11.6 Å². The molecule has 3 rings (SSSR count). The zero-order valence-electron chi connectivity index (χ0n) is 14.8. The molecule has 5 nitrogen and oxygen atoms in total. The normalized spacial score (nSPS) is 11.6. The van der Waals surface area contributed by atoms with Crippen LogP contribution in [0.25, 0.3) is 16.5 Å². The number of allylic oxidation sites excluding steroid dienone is 1. The van der Waals surface area contributed by atoms with Crippen LogP contribution in [0, 0.1) is 6.92 Å². The summed E-state index contributed by atoms with van der Waals surface area (Å²) >= 11 is 5.98. The Labute approximate surface area is 156 Å². The predicted molar refractivity (Wildman–Crippen MR) is 104 cm³/mol. The molecule has 1 N–H and O–H groups in total. The first-order valence-corrected chi connectivity index (χ1v) is 8.62. The zero-order chi connectivity index (χ0) is 18.7. The highest BCUT2D eigenvalue weighted by atomic mass is 35.5. The number of nitrogens with zero attached hydrogens (tertiary/aromatic N) is 1. The topological polar surface area (TPSA) is 64.4 Å². The number of aryl methyl sites for hydroxylation is 1. The monoisotopic (exact) mass is 370 g/mol. The summed E-state index contributed by atoms with van der Waals surface area (Å²) in [4.78, 5) is 16.3. The van der Waals surface area contributed by atoms with Crippen LogP contribution >= 0.6 is 11.6 Å². The number of aromatic nitrogens is 1. The molecule has 0 fully saturated rings. The Kier molecular flexibility index (Phi) is 5.28. The molecule has 1 amide bonds. The van der Waals surface area contributed by atoms with Crippen molar-refractivity contribution in [3.8, 4) is 5.75 Å². The van der Waals surface area contributed by atoms with Gasteiger partial charge in [0.15, 0.2) is 5.15 Å². The van der Waals surface area contributed by atoms with E-state index in [4.69, 9.17) is 20.8 Å². The number of furan rings is 1. The molecule has 6 heteroatoms. The number of rotatable bonds is 5. The van der Waals surface area contributed by atoms with Gasteiger partial charge in [-0.3, -0.25) is 4.79 Å². The molecular weight excluding hydrogens is 352 g/mol. The molecule has 0 saturated carbocycles. The summed E-state index contributed by atoms with van der Waals surface area (Å²) in [5.41, 5.74) is 3.87. The van der Waals surface area contributed by atoms with Crippen LogP contribution in [-0.4, -0.2) is 17.5 Å². The molecule has 0 atom stereocenters. The van der Waals surface area contributed by atoms with Crippen LogP contribution < -0.4 is 10.1 Å². The molecular formula is C20H19ClN2O3. The zero-order valence-corrected chi connectivity index (χ0v) is 15.6. The maximum atomic E-state index is 12.4. The number of halogens is 1. The van der Waals surface area contributed by atoms with Crippen LogP contribution in [0.3, 0.4) is 0 Å². The second-order valence-electron chi connectivity index (χ2n) is 5.85. The van der Waals surface area contributed by atoms with Gasteiger partial charge in [-0.25, -0.2) is 4.98 Å². The number of benzene rings is 1. The number of amides is 1. The van der Waals surface area contributed by atoms with Crippen molar-refractivity contribution >= 4 is 39.7 Å². The molecule has 134 valence electrons. The average molecular weight is 371 g/mol. The van der Waals surface area contributed by atoms with E-state index in [9.17, 15) is 4.79 Å². The van der Waals surface area contributed by atoms with E-state index in [0.717, 1.165) is 27.7 Å². The number of carbonyl (C=O) groups excluding carboxylic acids is 1. The van der Waals surface area contributed by atoms with E-state index in [0.29, 0.717) is 18.0 Å². The predicted octanol–water partition coefficient (Wildman–Crippen LogP) is 5.23. The van der Waals surface area contributed by atoms with Crippen LogP contribution in [0.5, 0.6) is 5.75 Å². The summed E-state index contributed by atoms with van der Waals surface area (Å²) in [5, 5.41) is 3.98. The van der Waals surface area contributed by atoms with Gasteiger partial charge in [-0.15, -0.1) is 0 Å². The fraction of sp³-hybridized carbons (Fsp3) is 0.200. The number of hydrogen-bond acceptors (Lipinski definition) is 4. The number of pyridine rings is 1. The van der Waals surface area contributed by atoms with Gasteiger partial charge in [0.05, 0.1) is 18.6 Å². The first-order chi connectivity index (χ1) is 12.5. The van der Waals surface area contributed by atoms with E-state index in [-0.39, 0.29) is 11.1 Å². The second-order valence-corrected chi connectivity index (χ2v) is 6.21. The molecule has 0 radical (unpaired) electrons. The fourth-order valence-electron chi connectivity index (χ4n) is 2.69. The average Bonchev–Trinajstić information content (AvgIpc) is 2.97. The van der Waals surface area contributed by atoms with Crippen LogP contribution in [-0.2, 0) is 4.79 Å². The summed E-state index contributed by atoms with van der Waals surface area (Å²) in [7, 11) is 0. The van der Waals surface area contributed by atoms with E-state index >= 15 is 0 Å². The van der Waals surface area contributed by atoms with E-state index in [1.165, 1.54) is 6.08 Å². The quantitative estimate of drug-likeness (QED) is 0.493. The van der Waals surface area contributed by atoms with Gasteiger partial charge in [-0.05, 0) is 50.1 Å². The van der Waals surface area contributed by atoms with Crippen molar-refractivity contribution < 1.29 is 13.9 Å². The van der Waals surface area contributed by atoms with Gasteiger partial charge in [0.1, 0.15) is 11.3 Å². The Hall–Kier alpha value is -2.79.